The highest BCUT2D eigenvalue weighted by Crippen LogP contribution is 2.44. The number of allylic oxidation sites excluding steroid dienone is 1. The Morgan fingerprint density at radius 3 is 2.84 bits per heavy atom. The van der Waals surface area contributed by atoms with Crippen molar-refractivity contribution in [2.24, 2.45) is 15.9 Å². The number of aromatic nitrogens is 1. The molecule has 2 aliphatic carbocycles. The van der Waals surface area contributed by atoms with Gasteiger partial charge in [0.1, 0.15) is 11.8 Å². The summed E-state index contributed by atoms with van der Waals surface area (Å²) in [6.07, 6.45) is 5.99. The third-order valence-electron chi connectivity index (χ3n) is 6.58. The van der Waals surface area contributed by atoms with E-state index in [-0.39, 0.29) is 23.8 Å². The Labute approximate surface area is 181 Å². The van der Waals surface area contributed by atoms with Crippen LogP contribution < -0.4 is 5.32 Å². The fourth-order valence-electron chi connectivity index (χ4n) is 4.83. The Kier molecular flexibility index (Phi) is 4.96. The van der Waals surface area contributed by atoms with Crippen molar-refractivity contribution in [3.05, 3.63) is 58.5 Å². The average Bonchev–Trinajstić information content (AvgIpc) is 3.33. The van der Waals surface area contributed by atoms with Gasteiger partial charge in [0, 0.05) is 11.3 Å². The van der Waals surface area contributed by atoms with Gasteiger partial charge in [0.05, 0.1) is 24.4 Å². The molecule has 31 heavy (non-hydrogen) atoms. The first-order valence-corrected chi connectivity index (χ1v) is 10.8. The number of carbonyl (C=O) groups excluding carboxylic acids is 1. The zero-order chi connectivity index (χ0) is 21.5. The van der Waals surface area contributed by atoms with Crippen molar-refractivity contribution >= 4 is 23.3 Å². The van der Waals surface area contributed by atoms with Gasteiger partial charge >= 0.3 is 5.97 Å². The van der Waals surface area contributed by atoms with Gasteiger partial charge in [0.2, 0.25) is 5.96 Å². The summed E-state index contributed by atoms with van der Waals surface area (Å²) in [6, 6.07) is 8.02. The van der Waals surface area contributed by atoms with Crippen LogP contribution in [0.15, 0.2) is 50.4 Å². The largest absolute Gasteiger partial charge is 0.469 e. The van der Waals surface area contributed by atoms with Gasteiger partial charge in [-0.1, -0.05) is 23.4 Å². The Morgan fingerprint density at radius 2 is 2.13 bits per heavy atom. The zero-order valence-corrected chi connectivity index (χ0v) is 18.0. The number of carbonyl (C=O) groups is 1. The fourth-order valence-corrected chi connectivity index (χ4v) is 4.83. The third-order valence-corrected chi connectivity index (χ3v) is 6.58. The number of aliphatic imine (C=N–C) groups is 2. The number of hydrogen-bond acceptors (Lipinski definition) is 7. The van der Waals surface area contributed by atoms with Crippen LogP contribution in [0, 0.1) is 19.8 Å². The van der Waals surface area contributed by atoms with Crippen molar-refractivity contribution in [2.75, 3.05) is 12.4 Å². The minimum absolute atomic E-state index is 0.0531. The van der Waals surface area contributed by atoms with Crippen LogP contribution in [-0.2, 0) is 9.53 Å². The van der Waals surface area contributed by atoms with Gasteiger partial charge in [0.15, 0.2) is 0 Å². The van der Waals surface area contributed by atoms with E-state index < -0.39 is 0 Å². The summed E-state index contributed by atoms with van der Waals surface area (Å²) in [4.78, 5) is 21.7. The molecule has 7 nitrogen and oxygen atoms in total. The van der Waals surface area contributed by atoms with E-state index in [9.17, 15) is 4.79 Å². The van der Waals surface area contributed by atoms with Crippen LogP contribution in [0.4, 0.5) is 5.69 Å². The van der Waals surface area contributed by atoms with Crippen molar-refractivity contribution in [3.63, 3.8) is 0 Å². The molecule has 1 aromatic heterocycles. The molecule has 0 amide bonds. The van der Waals surface area contributed by atoms with Crippen LogP contribution in [0.3, 0.4) is 0 Å². The molecule has 0 radical (unpaired) electrons. The lowest BCUT2D eigenvalue weighted by Gasteiger charge is -2.34. The van der Waals surface area contributed by atoms with Gasteiger partial charge in [-0.3, -0.25) is 4.79 Å². The summed E-state index contributed by atoms with van der Waals surface area (Å²) in [5, 5.41) is 7.51. The number of rotatable bonds is 4. The van der Waals surface area contributed by atoms with Crippen LogP contribution in [-0.4, -0.2) is 29.9 Å². The normalized spacial score (nSPS) is 24.5. The molecule has 5 rings (SSSR count). The maximum absolute atomic E-state index is 12.0. The van der Waals surface area contributed by atoms with Gasteiger partial charge in [0.25, 0.3) is 0 Å². The topological polar surface area (TPSA) is 89.1 Å². The number of aryl methyl sites for hydroxylation is 2. The number of nitrogens with one attached hydrogen (secondary N) is 1. The molecule has 1 saturated carbocycles. The van der Waals surface area contributed by atoms with Crippen LogP contribution in [0.2, 0.25) is 0 Å². The lowest BCUT2D eigenvalue weighted by atomic mass is 9.70. The molecule has 3 atom stereocenters. The van der Waals surface area contributed by atoms with Gasteiger partial charge in [-0.2, -0.15) is 0 Å². The predicted molar refractivity (Wildman–Crippen MR) is 118 cm³/mol. The highest BCUT2D eigenvalue weighted by Gasteiger charge is 2.38. The summed E-state index contributed by atoms with van der Waals surface area (Å²) >= 11 is 0. The SMILES string of the molecule is COC(=O)C1CCC1c1cccc(NC2=NC(c3c(C)noc3C)C3=CCCC3=N2)c1. The number of anilines is 1. The minimum Gasteiger partial charge on any atom is -0.469 e. The first kappa shape index (κ1) is 19.7. The molecule has 2 aromatic rings. The second-order valence-electron chi connectivity index (χ2n) is 8.41. The van der Waals surface area contributed by atoms with E-state index in [1.807, 2.05) is 26.0 Å². The molecule has 1 N–H and O–H groups in total. The molecule has 1 fully saturated rings. The van der Waals surface area contributed by atoms with Crippen molar-refractivity contribution in [1.29, 1.82) is 0 Å². The molecular formula is C24H26N4O3. The monoisotopic (exact) mass is 418 g/mol. The summed E-state index contributed by atoms with van der Waals surface area (Å²) < 4.78 is 10.4. The molecule has 160 valence electrons. The van der Waals surface area contributed by atoms with Crippen LogP contribution in [0.25, 0.3) is 0 Å². The van der Waals surface area contributed by atoms with Gasteiger partial charge in [-0.25, -0.2) is 9.98 Å². The number of hydrogen-bond donors (Lipinski definition) is 1. The highest BCUT2D eigenvalue weighted by molar-refractivity contribution is 6.14. The molecule has 0 saturated heterocycles. The highest BCUT2D eigenvalue weighted by atomic mass is 16.5. The van der Waals surface area contributed by atoms with E-state index in [4.69, 9.17) is 19.2 Å². The Bertz CT molecular complexity index is 1110. The second-order valence-corrected chi connectivity index (χ2v) is 8.41. The Balaban J connectivity index is 1.42. The van der Waals surface area contributed by atoms with Crippen LogP contribution in [0.1, 0.15) is 60.2 Å². The van der Waals surface area contributed by atoms with E-state index in [0.717, 1.165) is 65.2 Å². The third kappa shape index (κ3) is 3.48. The van der Waals surface area contributed by atoms with E-state index in [2.05, 4.69) is 28.7 Å². The molecule has 2 heterocycles. The number of esters is 1. The molecule has 3 unspecified atom stereocenters. The van der Waals surface area contributed by atoms with Crippen LogP contribution in [0.5, 0.6) is 0 Å². The maximum atomic E-state index is 12.0. The number of guanidine groups is 1. The second kappa shape index (κ2) is 7.80. The minimum atomic E-state index is -0.151. The lowest BCUT2D eigenvalue weighted by molar-refractivity contribution is -0.149. The molecule has 3 aliphatic rings. The number of ether oxygens (including phenoxy) is 1. The summed E-state index contributed by atoms with van der Waals surface area (Å²) in [7, 11) is 1.46. The van der Waals surface area contributed by atoms with E-state index >= 15 is 0 Å². The van der Waals surface area contributed by atoms with Gasteiger partial charge < -0.3 is 14.6 Å². The van der Waals surface area contributed by atoms with E-state index in [1.54, 1.807) is 0 Å². The molecule has 1 aromatic carbocycles. The number of fused-ring (bicyclic) bond motifs is 1. The quantitative estimate of drug-likeness (QED) is 0.731. The number of nitrogens with zero attached hydrogens (tertiary/aromatic N) is 3. The lowest BCUT2D eigenvalue weighted by Crippen LogP contribution is -2.32. The number of benzene rings is 1. The Hall–Kier alpha value is -3.22. The van der Waals surface area contributed by atoms with Crippen LogP contribution >= 0.6 is 0 Å². The molecular weight excluding hydrogens is 392 g/mol. The maximum Gasteiger partial charge on any atom is 0.309 e. The van der Waals surface area contributed by atoms with Crippen molar-refractivity contribution in [1.82, 2.24) is 5.16 Å². The molecule has 1 aliphatic heterocycles. The van der Waals surface area contributed by atoms with Crippen molar-refractivity contribution in [3.8, 4) is 0 Å². The van der Waals surface area contributed by atoms with Crippen molar-refractivity contribution < 1.29 is 14.1 Å². The fraction of sp³-hybridized carbons (Fsp3) is 0.417. The van der Waals surface area contributed by atoms with E-state index in [0.29, 0.717) is 5.96 Å². The van der Waals surface area contributed by atoms with Crippen molar-refractivity contribution in [2.45, 2.75) is 51.5 Å². The standard InChI is InChI=1S/C24H26N4O3/c1-13-21(14(2)31-28-13)22-19-8-5-9-20(19)26-24(27-22)25-16-7-4-6-15(12-16)17-10-11-18(17)23(29)30-3/h4,6-8,12,17-18,22H,5,9-11H2,1-3H3,(H,25,27). The first-order valence-electron chi connectivity index (χ1n) is 10.8. The molecule has 7 heteroatoms. The summed E-state index contributed by atoms with van der Waals surface area (Å²) in [5.74, 6) is 1.41. The Morgan fingerprint density at radius 1 is 1.26 bits per heavy atom. The summed E-state index contributed by atoms with van der Waals surface area (Å²) in [5.41, 5.74) is 6.16. The van der Waals surface area contributed by atoms with E-state index in [1.165, 1.54) is 7.11 Å². The van der Waals surface area contributed by atoms with Gasteiger partial charge in [-0.15, -0.1) is 0 Å². The summed E-state index contributed by atoms with van der Waals surface area (Å²) in [6.45, 7) is 3.88. The number of methoxy groups -OCH3 is 1. The zero-order valence-electron chi connectivity index (χ0n) is 18.0. The van der Waals surface area contributed by atoms with Gasteiger partial charge in [-0.05, 0) is 68.7 Å². The molecule has 0 bridgehead atoms. The molecule has 0 spiro atoms. The predicted octanol–water partition coefficient (Wildman–Crippen LogP) is 4.64. The first-order chi connectivity index (χ1) is 15.0. The average molecular weight is 418 g/mol. The smallest absolute Gasteiger partial charge is 0.309 e.